The molecule has 1 rings (SSSR count). The molecule has 0 radical (unpaired) electrons. The van der Waals surface area contributed by atoms with Crippen LogP contribution in [-0.2, 0) is 9.53 Å². The molecule has 1 aromatic carbocycles. The lowest BCUT2D eigenvalue weighted by Crippen LogP contribution is -2.26. The summed E-state index contributed by atoms with van der Waals surface area (Å²) in [5.74, 6) is -1.11. The Hall–Kier alpha value is -1.39. The van der Waals surface area contributed by atoms with Crippen molar-refractivity contribution in [2.45, 2.75) is 19.4 Å². The van der Waals surface area contributed by atoms with Gasteiger partial charge < -0.3 is 9.84 Å². The van der Waals surface area contributed by atoms with Gasteiger partial charge >= 0.3 is 5.97 Å². The first-order chi connectivity index (χ1) is 8.04. The fourth-order valence-electron chi connectivity index (χ4n) is 1.25. The number of carbonyl (C=O) groups is 2. The summed E-state index contributed by atoms with van der Waals surface area (Å²) >= 11 is 5.68. The molecular formula is C12H13ClO4. The van der Waals surface area contributed by atoms with Crippen molar-refractivity contribution in [3.05, 3.63) is 34.9 Å². The largest absolute Gasteiger partial charge is 0.464 e. The number of aliphatic hydroxyl groups is 1. The number of ketones is 1. The van der Waals surface area contributed by atoms with Gasteiger partial charge in [-0.05, 0) is 31.2 Å². The molecule has 0 spiro atoms. The van der Waals surface area contributed by atoms with Gasteiger partial charge in [0.15, 0.2) is 11.9 Å². The van der Waals surface area contributed by atoms with Crippen LogP contribution in [0.25, 0.3) is 0 Å². The van der Waals surface area contributed by atoms with E-state index in [-0.39, 0.29) is 18.8 Å². The van der Waals surface area contributed by atoms with Crippen molar-refractivity contribution >= 4 is 23.4 Å². The average Bonchev–Trinajstić information content (AvgIpc) is 2.30. The number of carbonyl (C=O) groups excluding carboxylic acids is 2. The van der Waals surface area contributed by atoms with Gasteiger partial charge in [0.2, 0.25) is 0 Å². The maximum absolute atomic E-state index is 11.7. The van der Waals surface area contributed by atoms with Crippen LogP contribution in [0.5, 0.6) is 0 Å². The van der Waals surface area contributed by atoms with Crippen molar-refractivity contribution in [1.29, 1.82) is 0 Å². The van der Waals surface area contributed by atoms with E-state index >= 15 is 0 Å². The quantitative estimate of drug-likeness (QED) is 0.645. The second-order valence-corrected chi connectivity index (χ2v) is 3.84. The minimum atomic E-state index is -1.42. The number of esters is 1. The number of benzene rings is 1. The molecule has 0 aliphatic rings. The molecule has 17 heavy (non-hydrogen) atoms. The monoisotopic (exact) mass is 256 g/mol. The molecule has 0 aromatic heterocycles. The van der Waals surface area contributed by atoms with Gasteiger partial charge in [0.25, 0.3) is 0 Å². The maximum Gasteiger partial charge on any atom is 0.335 e. The van der Waals surface area contributed by atoms with Gasteiger partial charge in [0.05, 0.1) is 6.61 Å². The lowest BCUT2D eigenvalue weighted by Gasteiger charge is -2.08. The van der Waals surface area contributed by atoms with E-state index in [1.165, 1.54) is 0 Å². The van der Waals surface area contributed by atoms with Gasteiger partial charge in [0.1, 0.15) is 0 Å². The Morgan fingerprint density at radius 3 is 2.47 bits per heavy atom. The molecule has 92 valence electrons. The Kier molecular flexibility index (Phi) is 5.12. The molecule has 0 aliphatic heterocycles. The van der Waals surface area contributed by atoms with E-state index in [0.29, 0.717) is 10.6 Å². The van der Waals surface area contributed by atoms with Gasteiger partial charge in [-0.25, -0.2) is 4.79 Å². The van der Waals surface area contributed by atoms with Crippen LogP contribution in [0.2, 0.25) is 5.02 Å². The summed E-state index contributed by atoms with van der Waals surface area (Å²) < 4.78 is 4.60. The molecule has 0 unspecified atom stereocenters. The highest BCUT2D eigenvalue weighted by Gasteiger charge is 2.20. The lowest BCUT2D eigenvalue weighted by molar-refractivity contribution is -0.152. The van der Waals surface area contributed by atoms with Crippen LogP contribution in [0.1, 0.15) is 23.7 Å². The van der Waals surface area contributed by atoms with E-state index in [1.54, 1.807) is 31.2 Å². The summed E-state index contributed by atoms with van der Waals surface area (Å²) in [6.07, 6.45) is -1.71. The third-order valence-electron chi connectivity index (χ3n) is 2.10. The van der Waals surface area contributed by atoms with Crippen LogP contribution >= 0.6 is 11.6 Å². The van der Waals surface area contributed by atoms with Crippen LogP contribution in [-0.4, -0.2) is 29.6 Å². The van der Waals surface area contributed by atoms with E-state index in [2.05, 4.69) is 4.74 Å². The van der Waals surface area contributed by atoms with Gasteiger partial charge in [-0.15, -0.1) is 0 Å². The highest BCUT2D eigenvalue weighted by molar-refractivity contribution is 6.30. The normalized spacial score (nSPS) is 11.9. The first-order valence-electron chi connectivity index (χ1n) is 5.18. The summed E-state index contributed by atoms with van der Waals surface area (Å²) in [5.41, 5.74) is 0.401. The van der Waals surface area contributed by atoms with E-state index < -0.39 is 12.1 Å². The minimum Gasteiger partial charge on any atom is -0.464 e. The molecule has 0 saturated heterocycles. The highest BCUT2D eigenvalue weighted by atomic mass is 35.5. The van der Waals surface area contributed by atoms with Crippen molar-refractivity contribution < 1.29 is 19.4 Å². The van der Waals surface area contributed by atoms with Crippen LogP contribution in [0, 0.1) is 0 Å². The summed E-state index contributed by atoms with van der Waals surface area (Å²) in [6, 6.07) is 6.24. The molecule has 0 saturated carbocycles. The molecule has 1 aromatic rings. The van der Waals surface area contributed by atoms with Crippen LogP contribution in [0.3, 0.4) is 0 Å². The van der Waals surface area contributed by atoms with Crippen molar-refractivity contribution in [2.75, 3.05) is 6.61 Å². The topological polar surface area (TPSA) is 63.6 Å². The second-order valence-electron chi connectivity index (χ2n) is 3.40. The van der Waals surface area contributed by atoms with E-state index in [0.717, 1.165) is 0 Å². The Labute approximate surface area is 104 Å². The number of rotatable bonds is 5. The number of hydrogen-bond donors (Lipinski definition) is 1. The number of Topliss-reactive ketones (excluding diaryl/α,β-unsaturated/α-hetero) is 1. The average molecular weight is 257 g/mol. The molecule has 0 aliphatic carbocycles. The Bertz CT molecular complexity index is 399. The number of aliphatic hydroxyl groups excluding tert-OH is 1. The second kappa shape index (κ2) is 6.37. The number of hydrogen-bond acceptors (Lipinski definition) is 4. The van der Waals surface area contributed by atoms with Crippen LogP contribution < -0.4 is 0 Å². The zero-order valence-corrected chi connectivity index (χ0v) is 10.1. The summed E-state index contributed by atoms with van der Waals surface area (Å²) in [5, 5.41) is 9.93. The predicted molar refractivity (Wildman–Crippen MR) is 63.0 cm³/mol. The van der Waals surface area contributed by atoms with Crippen molar-refractivity contribution in [2.24, 2.45) is 0 Å². The maximum atomic E-state index is 11.7. The van der Waals surface area contributed by atoms with E-state index in [9.17, 15) is 14.7 Å². The molecule has 0 bridgehead atoms. The molecule has 1 atom stereocenters. The third-order valence-corrected chi connectivity index (χ3v) is 2.36. The molecule has 4 nitrogen and oxygen atoms in total. The van der Waals surface area contributed by atoms with Crippen LogP contribution in [0.15, 0.2) is 24.3 Å². The van der Waals surface area contributed by atoms with Gasteiger partial charge in [-0.1, -0.05) is 11.6 Å². The van der Waals surface area contributed by atoms with Crippen LogP contribution in [0.4, 0.5) is 0 Å². The SMILES string of the molecule is CCOC(=O)[C@H](O)CC(=O)c1ccc(Cl)cc1. The van der Waals surface area contributed by atoms with E-state index in [1.807, 2.05) is 0 Å². The van der Waals surface area contributed by atoms with Gasteiger partial charge in [-0.2, -0.15) is 0 Å². The Balaban J connectivity index is 2.60. The predicted octanol–water partition coefficient (Wildman–Crippen LogP) is 1.84. The van der Waals surface area contributed by atoms with Gasteiger partial charge in [0, 0.05) is 17.0 Å². The smallest absolute Gasteiger partial charge is 0.335 e. The molecule has 1 N–H and O–H groups in total. The number of halogens is 1. The third kappa shape index (κ3) is 4.17. The highest BCUT2D eigenvalue weighted by Crippen LogP contribution is 2.12. The Morgan fingerprint density at radius 2 is 1.94 bits per heavy atom. The lowest BCUT2D eigenvalue weighted by atomic mass is 10.1. The standard InChI is InChI=1S/C12H13ClO4/c1-2-17-12(16)11(15)7-10(14)8-3-5-9(13)6-4-8/h3-6,11,15H,2,7H2,1H3/t11-/m1/s1. The fraction of sp³-hybridized carbons (Fsp3) is 0.333. The molecule has 0 heterocycles. The molecule has 0 amide bonds. The van der Waals surface area contributed by atoms with Crippen molar-refractivity contribution in [3.63, 3.8) is 0 Å². The molecule has 5 heteroatoms. The van der Waals surface area contributed by atoms with Crippen molar-refractivity contribution in [3.8, 4) is 0 Å². The molecular weight excluding hydrogens is 244 g/mol. The van der Waals surface area contributed by atoms with Crippen molar-refractivity contribution in [1.82, 2.24) is 0 Å². The Morgan fingerprint density at radius 1 is 1.35 bits per heavy atom. The van der Waals surface area contributed by atoms with Gasteiger partial charge in [-0.3, -0.25) is 4.79 Å². The fourth-order valence-corrected chi connectivity index (χ4v) is 1.38. The summed E-state index contributed by atoms with van der Waals surface area (Å²) in [4.78, 5) is 22.8. The molecule has 0 fully saturated rings. The summed E-state index contributed by atoms with van der Waals surface area (Å²) in [6.45, 7) is 1.80. The zero-order valence-electron chi connectivity index (χ0n) is 9.35. The van der Waals surface area contributed by atoms with E-state index in [4.69, 9.17) is 11.6 Å². The first-order valence-corrected chi connectivity index (χ1v) is 5.56. The first kappa shape index (κ1) is 13.7. The zero-order chi connectivity index (χ0) is 12.8. The minimum absolute atomic E-state index is 0.172. The number of ether oxygens (including phenoxy) is 1. The summed E-state index contributed by atoms with van der Waals surface area (Å²) in [7, 11) is 0.